The van der Waals surface area contributed by atoms with Crippen LogP contribution in [0.2, 0.25) is 0 Å². The summed E-state index contributed by atoms with van der Waals surface area (Å²) >= 11 is 0. The van der Waals surface area contributed by atoms with Gasteiger partial charge in [-0.1, -0.05) is 122 Å². The Morgan fingerprint density at radius 3 is 1.49 bits per heavy atom. The summed E-state index contributed by atoms with van der Waals surface area (Å²) in [5, 5.41) is 30.0. The van der Waals surface area contributed by atoms with Gasteiger partial charge in [0, 0.05) is 6.07 Å². The van der Waals surface area contributed by atoms with Crippen LogP contribution in [-0.2, 0) is 16.8 Å². The minimum atomic E-state index is -4.60. The third-order valence-electron chi connectivity index (χ3n) is 7.42. The summed E-state index contributed by atoms with van der Waals surface area (Å²) in [5.41, 5.74) is 0.783. The highest BCUT2D eigenvalue weighted by Crippen LogP contribution is 2.24. The van der Waals surface area contributed by atoms with Crippen LogP contribution in [0.15, 0.2) is 18.2 Å². The maximum absolute atomic E-state index is 10.8. The lowest BCUT2D eigenvalue weighted by molar-refractivity contribution is 0.00712. The molecular weight excluding hydrogens is 516 g/mol. The third kappa shape index (κ3) is 21.1. The summed E-state index contributed by atoms with van der Waals surface area (Å²) in [6.07, 6.45) is 23.6. The molecule has 2 atom stereocenters. The van der Waals surface area contributed by atoms with E-state index in [2.05, 4.69) is 11.1 Å². The van der Waals surface area contributed by atoms with Crippen LogP contribution in [0.25, 0.3) is 0 Å². The lowest BCUT2D eigenvalue weighted by Crippen LogP contribution is -2.25. The van der Waals surface area contributed by atoms with Crippen LogP contribution in [0, 0.1) is 0 Å². The van der Waals surface area contributed by atoms with Gasteiger partial charge in [0.25, 0.3) is 0 Å². The molecule has 7 nitrogen and oxygen atoms in total. The van der Waals surface area contributed by atoms with Crippen LogP contribution in [-0.4, -0.2) is 40.5 Å². The van der Waals surface area contributed by atoms with E-state index in [1.54, 1.807) is 6.07 Å². The molecule has 4 N–H and O–H groups in total. The van der Waals surface area contributed by atoms with Crippen molar-refractivity contribution in [2.24, 2.45) is 0 Å². The molecule has 1 rings (SSSR count). The summed E-state index contributed by atoms with van der Waals surface area (Å²) in [6, 6.07) is 4.27. The number of benzene rings is 1. The minimum Gasteiger partial charge on any atom is -0.508 e. The van der Waals surface area contributed by atoms with Crippen LogP contribution in [0.4, 0.5) is 0 Å². The maximum Gasteiger partial charge on any atom is 0.446 e. The summed E-state index contributed by atoms with van der Waals surface area (Å²) in [4.78, 5) is 0. The van der Waals surface area contributed by atoms with Crippen molar-refractivity contribution in [1.29, 1.82) is 0 Å². The Morgan fingerprint density at radius 1 is 0.641 bits per heavy atom. The number of hydrogen-bond donors (Lipinski definition) is 4. The standard InChI is InChI=1S/C31H56O7S/c1-2-3-4-5-16-19-22-30(33)31(34)23-20-17-14-12-10-8-6-7-9-11-13-15-18-21-27-24-28(32)26-29(25-27)38-39(35,36)37/h24-26,30-34H,2-23H2,1H3,(H,35,36,37). The molecule has 1 aromatic carbocycles. The second-order valence-electron chi connectivity index (χ2n) is 11.2. The van der Waals surface area contributed by atoms with Crippen LogP contribution in [0.1, 0.15) is 147 Å². The van der Waals surface area contributed by atoms with E-state index < -0.39 is 22.6 Å². The first-order valence-electron chi connectivity index (χ1n) is 15.6. The van der Waals surface area contributed by atoms with E-state index in [-0.39, 0.29) is 11.5 Å². The minimum absolute atomic E-state index is 0.0831. The smallest absolute Gasteiger partial charge is 0.446 e. The number of hydrogen-bond acceptors (Lipinski definition) is 6. The zero-order chi connectivity index (χ0) is 28.8. The SMILES string of the molecule is CCCCCCCCC(O)C(O)CCCCCCCCCCCCCCCc1cc(O)cc(OS(=O)(=O)O)c1. The number of aromatic hydroxyl groups is 1. The molecule has 0 spiro atoms. The van der Waals surface area contributed by atoms with Crippen LogP contribution in [0.5, 0.6) is 11.5 Å². The summed E-state index contributed by atoms with van der Waals surface area (Å²) in [5.74, 6) is -0.168. The third-order valence-corrected chi connectivity index (χ3v) is 7.82. The van der Waals surface area contributed by atoms with Gasteiger partial charge in [0.2, 0.25) is 0 Å². The Kier molecular flexibility index (Phi) is 20.4. The fourth-order valence-corrected chi connectivity index (χ4v) is 5.44. The van der Waals surface area contributed by atoms with Gasteiger partial charge in [-0.25, -0.2) is 0 Å². The Bertz CT molecular complexity index is 828. The summed E-state index contributed by atoms with van der Waals surface area (Å²) in [7, 11) is -4.60. The Hall–Kier alpha value is -1.35. The van der Waals surface area contributed by atoms with E-state index >= 15 is 0 Å². The van der Waals surface area contributed by atoms with Crippen molar-refractivity contribution >= 4 is 10.4 Å². The van der Waals surface area contributed by atoms with E-state index in [9.17, 15) is 23.7 Å². The topological polar surface area (TPSA) is 124 Å². The van der Waals surface area contributed by atoms with E-state index in [4.69, 9.17) is 4.55 Å². The number of aliphatic hydroxyl groups excluding tert-OH is 2. The van der Waals surface area contributed by atoms with Crippen molar-refractivity contribution in [1.82, 2.24) is 0 Å². The Balaban J connectivity index is 1.90. The average molecular weight is 573 g/mol. The number of aliphatic hydroxyl groups is 2. The molecule has 0 aliphatic carbocycles. The van der Waals surface area contributed by atoms with Gasteiger partial charge < -0.3 is 19.5 Å². The molecule has 0 aromatic heterocycles. The molecule has 0 saturated heterocycles. The molecule has 2 unspecified atom stereocenters. The van der Waals surface area contributed by atoms with Gasteiger partial charge in [-0.3, -0.25) is 4.55 Å². The van der Waals surface area contributed by atoms with E-state index in [0.717, 1.165) is 69.4 Å². The number of phenolic OH excluding ortho intramolecular Hbond substituents is 1. The molecule has 0 aliphatic rings. The number of rotatable bonds is 26. The van der Waals surface area contributed by atoms with Crippen molar-refractivity contribution in [3.05, 3.63) is 23.8 Å². The number of aryl methyl sites for hydroxylation is 1. The molecule has 0 radical (unpaired) electrons. The highest BCUT2D eigenvalue weighted by atomic mass is 32.3. The first-order valence-corrected chi connectivity index (χ1v) is 16.9. The predicted octanol–water partition coefficient (Wildman–Crippen LogP) is 8.05. The molecule has 0 heterocycles. The van der Waals surface area contributed by atoms with E-state index in [1.807, 2.05) is 0 Å². The predicted molar refractivity (Wildman–Crippen MR) is 159 cm³/mol. The zero-order valence-electron chi connectivity index (χ0n) is 24.4. The maximum atomic E-state index is 10.8. The molecular formula is C31H56O7S. The van der Waals surface area contributed by atoms with Crippen molar-refractivity contribution < 1.29 is 32.5 Å². The molecule has 0 bridgehead atoms. The van der Waals surface area contributed by atoms with Gasteiger partial charge >= 0.3 is 10.4 Å². The summed E-state index contributed by atoms with van der Waals surface area (Å²) < 4.78 is 34.9. The second kappa shape index (κ2) is 22.4. The zero-order valence-corrected chi connectivity index (χ0v) is 25.2. The Labute approximate surface area is 238 Å². The lowest BCUT2D eigenvalue weighted by atomic mass is 9.99. The fourth-order valence-electron chi connectivity index (χ4n) is 5.10. The van der Waals surface area contributed by atoms with Gasteiger partial charge in [0.05, 0.1) is 12.2 Å². The van der Waals surface area contributed by atoms with E-state index in [1.165, 1.54) is 83.1 Å². The fraction of sp³-hybridized carbons (Fsp3) is 0.806. The van der Waals surface area contributed by atoms with Gasteiger partial charge in [0.15, 0.2) is 0 Å². The molecule has 39 heavy (non-hydrogen) atoms. The van der Waals surface area contributed by atoms with Crippen molar-refractivity contribution in [2.45, 2.75) is 160 Å². The Morgan fingerprint density at radius 2 is 1.05 bits per heavy atom. The highest BCUT2D eigenvalue weighted by molar-refractivity contribution is 7.81. The number of phenols is 1. The largest absolute Gasteiger partial charge is 0.508 e. The molecule has 0 saturated carbocycles. The molecule has 8 heteroatoms. The quantitative estimate of drug-likeness (QED) is 0.0654. The van der Waals surface area contributed by atoms with Crippen molar-refractivity contribution in [3.63, 3.8) is 0 Å². The number of unbranched alkanes of at least 4 members (excludes halogenated alkanes) is 17. The monoisotopic (exact) mass is 572 g/mol. The molecule has 1 aromatic rings. The van der Waals surface area contributed by atoms with Gasteiger partial charge in [-0.15, -0.1) is 0 Å². The van der Waals surface area contributed by atoms with Crippen LogP contribution >= 0.6 is 0 Å². The molecule has 0 fully saturated rings. The van der Waals surface area contributed by atoms with Crippen LogP contribution in [0.3, 0.4) is 0 Å². The van der Waals surface area contributed by atoms with Gasteiger partial charge in [-0.05, 0) is 43.4 Å². The van der Waals surface area contributed by atoms with Crippen molar-refractivity contribution in [2.75, 3.05) is 0 Å². The van der Waals surface area contributed by atoms with E-state index in [0.29, 0.717) is 6.42 Å². The molecule has 228 valence electrons. The lowest BCUT2D eigenvalue weighted by Gasteiger charge is -2.17. The van der Waals surface area contributed by atoms with Gasteiger partial charge in [-0.2, -0.15) is 8.42 Å². The first-order chi connectivity index (χ1) is 18.7. The van der Waals surface area contributed by atoms with Gasteiger partial charge in [0.1, 0.15) is 11.5 Å². The van der Waals surface area contributed by atoms with Crippen molar-refractivity contribution in [3.8, 4) is 11.5 Å². The van der Waals surface area contributed by atoms with Crippen LogP contribution < -0.4 is 4.18 Å². The average Bonchev–Trinajstić information content (AvgIpc) is 2.86. The molecule has 0 aliphatic heterocycles. The first kappa shape index (κ1) is 35.7. The summed E-state index contributed by atoms with van der Waals surface area (Å²) in [6.45, 7) is 2.21. The normalized spacial score (nSPS) is 13.4. The highest BCUT2D eigenvalue weighted by Gasteiger charge is 2.15. The second-order valence-corrected chi connectivity index (χ2v) is 12.2. The molecule has 0 amide bonds.